The Labute approximate surface area is 117 Å². The van der Waals surface area contributed by atoms with Gasteiger partial charge in [-0.3, -0.25) is 0 Å². The largest absolute Gasteiger partial charge is 0.381 e. The smallest absolute Gasteiger partial charge is 0.152 e. The van der Waals surface area contributed by atoms with Crippen LogP contribution in [0, 0.1) is 5.92 Å². The summed E-state index contributed by atoms with van der Waals surface area (Å²) in [6.45, 7) is 3.49. The molecule has 3 heterocycles. The van der Waals surface area contributed by atoms with E-state index >= 15 is 0 Å². The highest BCUT2D eigenvalue weighted by atomic mass is 35.5. The Hall–Kier alpha value is -1.10. The quantitative estimate of drug-likeness (QED) is 0.935. The second-order valence-electron chi connectivity index (χ2n) is 4.99. The summed E-state index contributed by atoms with van der Waals surface area (Å²) in [5, 5.41) is 4.05. The molecule has 0 unspecified atom stereocenters. The van der Waals surface area contributed by atoms with Gasteiger partial charge in [-0.15, -0.1) is 0 Å². The fourth-order valence-corrected chi connectivity index (χ4v) is 2.78. The van der Waals surface area contributed by atoms with Crippen molar-refractivity contribution in [3.8, 4) is 0 Å². The maximum Gasteiger partial charge on any atom is 0.152 e. The number of hydrogen-bond acceptors (Lipinski definition) is 3. The lowest BCUT2D eigenvalue weighted by molar-refractivity contribution is 0.0547. The normalized spacial score (nSPS) is 19.9. The molecular weight excluding hydrogens is 262 g/mol. The molecule has 5 heteroatoms. The van der Waals surface area contributed by atoms with Gasteiger partial charge in [0.25, 0.3) is 0 Å². The van der Waals surface area contributed by atoms with Crippen LogP contribution >= 0.6 is 11.6 Å². The molecule has 0 amide bonds. The first kappa shape index (κ1) is 12.9. The van der Waals surface area contributed by atoms with Crippen LogP contribution in [0.3, 0.4) is 0 Å². The van der Waals surface area contributed by atoms with Gasteiger partial charge in [-0.2, -0.15) is 0 Å². The van der Waals surface area contributed by atoms with Crippen LogP contribution in [-0.2, 0) is 11.3 Å². The average Bonchev–Trinajstić information content (AvgIpc) is 2.76. The van der Waals surface area contributed by atoms with Crippen molar-refractivity contribution in [1.29, 1.82) is 0 Å². The fourth-order valence-electron chi connectivity index (χ4n) is 2.54. The first-order valence-electron chi connectivity index (χ1n) is 6.74. The summed E-state index contributed by atoms with van der Waals surface area (Å²) in [4.78, 5) is 4.34. The third kappa shape index (κ3) is 2.91. The zero-order chi connectivity index (χ0) is 13.1. The molecule has 1 fully saturated rings. The Morgan fingerprint density at radius 1 is 1.47 bits per heavy atom. The second kappa shape index (κ2) is 5.90. The van der Waals surface area contributed by atoms with Gasteiger partial charge < -0.3 is 14.5 Å². The minimum Gasteiger partial charge on any atom is -0.381 e. The van der Waals surface area contributed by atoms with Gasteiger partial charge in [0.15, 0.2) is 5.15 Å². The predicted molar refractivity (Wildman–Crippen MR) is 75.5 cm³/mol. The van der Waals surface area contributed by atoms with Gasteiger partial charge in [0, 0.05) is 25.9 Å². The van der Waals surface area contributed by atoms with E-state index in [-0.39, 0.29) is 0 Å². The molecule has 0 aromatic carbocycles. The van der Waals surface area contributed by atoms with Crippen LogP contribution in [0.1, 0.15) is 18.5 Å². The highest BCUT2D eigenvalue weighted by Crippen LogP contribution is 2.18. The Bertz CT molecular complexity index is 549. The lowest BCUT2D eigenvalue weighted by Gasteiger charge is -2.22. The van der Waals surface area contributed by atoms with Crippen LogP contribution in [0.2, 0.25) is 5.15 Å². The Balaban J connectivity index is 1.63. The van der Waals surface area contributed by atoms with E-state index in [1.165, 1.54) is 12.8 Å². The first-order chi connectivity index (χ1) is 9.34. The molecule has 3 rings (SSSR count). The lowest BCUT2D eigenvalue weighted by atomic mass is 10.0. The highest BCUT2D eigenvalue weighted by molar-refractivity contribution is 6.30. The number of fused-ring (bicyclic) bond motifs is 1. The number of nitrogens with one attached hydrogen (secondary N) is 1. The number of aromatic nitrogens is 2. The molecule has 2 aromatic heterocycles. The van der Waals surface area contributed by atoms with Crippen molar-refractivity contribution in [1.82, 2.24) is 14.7 Å². The van der Waals surface area contributed by atoms with Crippen LogP contribution in [-0.4, -0.2) is 29.1 Å². The number of imidazole rings is 1. The zero-order valence-electron chi connectivity index (χ0n) is 10.8. The summed E-state index contributed by atoms with van der Waals surface area (Å²) in [7, 11) is 0. The number of ether oxygens (including phenoxy) is 1. The molecule has 1 aliphatic rings. The van der Waals surface area contributed by atoms with Crippen molar-refractivity contribution < 1.29 is 4.74 Å². The van der Waals surface area contributed by atoms with Gasteiger partial charge in [0.2, 0.25) is 0 Å². The summed E-state index contributed by atoms with van der Waals surface area (Å²) in [6.07, 6.45) is 4.41. The van der Waals surface area contributed by atoms with E-state index in [0.717, 1.165) is 37.6 Å². The monoisotopic (exact) mass is 279 g/mol. The Morgan fingerprint density at radius 3 is 3.26 bits per heavy atom. The standard InChI is InChI=1S/C14H18ClN3O/c15-14-12(18-6-2-1-5-13(18)17-14)9-16-8-11-4-3-7-19-10-11/h1-2,5-6,11,16H,3-4,7-10H2/t11-/m0/s1. The van der Waals surface area contributed by atoms with Crippen LogP contribution < -0.4 is 5.32 Å². The molecule has 1 aliphatic heterocycles. The van der Waals surface area contributed by atoms with E-state index in [1.54, 1.807) is 0 Å². The molecule has 0 saturated carbocycles. The maximum absolute atomic E-state index is 6.19. The third-order valence-electron chi connectivity index (χ3n) is 3.56. The fraction of sp³-hybridized carbons (Fsp3) is 0.500. The molecular formula is C14H18ClN3O. The van der Waals surface area contributed by atoms with Gasteiger partial charge in [-0.1, -0.05) is 17.7 Å². The zero-order valence-corrected chi connectivity index (χ0v) is 11.6. The summed E-state index contributed by atoms with van der Waals surface area (Å²) in [6, 6.07) is 5.92. The first-order valence-corrected chi connectivity index (χ1v) is 7.12. The van der Waals surface area contributed by atoms with Crippen molar-refractivity contribution in [3.05, 3.63) is 35.2 Å². The third-order valence-corrected chi connectivity index (χ3v) is 3.86. The minimum absolute atomic E-state index is 0.582. The van der Waals surface area contributed by atoms with Crippen LogP contribution in [0.15, 0.2) is 24.4 Å². The van der Waals surface area contributed by atoms with Gasteiger partial charge in [0.05, 0.1) is 12.3 Å². The maximum atomic E-state index is 6.19. The molecule has 2 aromatic rings. The molecule has 102 valence electrons. The van der Waals surface area contributed by atoms with Gasteiger partial charge in [0.1, 0.15) is 5.65 Å². The highest BCUT2D eigenvalue weighted by Gasteiger charge is 2.14. The van der Waals surface area contributed by atoms with Crippen LogP contribution in [0.25, 0.3) is 5.65 Å². The SMILES string of the molecule is Clc1nc2ccccn2c1CNC[C@@H]1CCCOC1. The Kier molecular flexibility index (Phi) is 4.01. The lowest BCUT2D eigenvalue weighted by Crippen LogP contribution is -2.29. The summed E-state index contributed by atoms with van der Waals surface area (Å²) in [5.74, 6) is 0.617. The van der Waals surface area contributed by atoms with Crippen molar-refractivity contribution in [3.63, 3.8) is 0 Å². The van der Waals surface area contributed by atoms with Crippen molar-refractivity contribution >= 4 is 17.2 Å². The van der Waals surface area contributed by atoms with Gasteiger partial charge in [-0.05, 0) is 30.9 Å². The number of hydrogen-bond donors (Lipinski definition) is 1. The molecule has 1 atom stereocenters. The predicted octanol–water partition coefficient (Wildman–Crippen LogP) is 2.50. The minimum atomic E-state index is 0.582. The number of pyridine rings is 1. The van der Waals surface area contributed by atoms with Crippen molar-refractivity contribution in [2.75, 3.05) is 19.8 Å². The summed E-state index contributed by atoms with van der Waals surface area (Å²) in [5.41, 5.74) is 1.92. The van der Waals surface area contributed by atoms with E-state index in [1.807, 2.05) is 28.8 Å². The van der Waals surface area contributed by atoms with Crippen LogP contribution in [0.5, 0.6) is 0 Å². The molecule has 0 radical (unpaired) electrons. The molecule has 1 N–H and O–H groups in total. The molecule has 1 saturated heterocycles. The molecule has 19 heavy (non-hydrogen) atoms. The topological polar surface area (TPSA) is 38.6 Å². The van der Waals surface area contributed by atoms with Crippen molar-refractivity contribution in [2.45, 2.75) is 19.4 Å². The second-order valence-corrected chi connectivity index (χ2v) is 5.35. The Morgan fingerprint density at radius 2 is 2.42 bits per heavy atom. The average molecular weight is 280 g/mol. The van der Waals surface area contributed by atoms with E-state index in [0.29, 0.717) is 11.1 Å². The van der Waals surface area contributed by atoms with Crippen LogP contribution in [0.4, 0.5) is 0 Å². The molecule has 4 nitrogen and oxygen atoms in total. The molecule has 0 spiro atoms. The molecule has 0 bridgehead atoms. The number of rotatable bonds is 4. The van der Waals surface area contributed by atoms with E-state index < -0.39 is 0 Å². The van der Waals surface area contributed by atoms with E-state index in [9.17, 15) is 0 Å². The summed E-state index contributed by atoms with van der Waals surface area (Å²) >= 11 is 6.19. The number of nitrogens with zero attached hydrogens (tertiary/aromatic N) is 2. The summed E-state index contributed by atoms with van der Waals surface area (Å²) < 4.78 is 7.51. The molecule has 0 aliphatic carbocycles. The number of halogens is 1. The van der Waals surface area contributed by atoms with Gasteiger partial charge in [-0.25, -0.2) is 4.98 Å². The van der Waals surface area contributed by atoms with Gasteiger partial charge >= 0.3 is 0 Å². The van der Waals surface area contributed by atoms with E-state index in [4.69, 9.17) is 16.3 Å². The van der Waals surface area contributed by atoms with E-state index in [2.05, 4.69) is 10.3 Å². The van der Waals surface area contributed by atoms with Crippen molar-refractivity contribution in [2.24, 2.45) is 5.92 Å².